The van der Waals surface area contributed by atoms with E-state index in [1.54, 1.807) is 6.92 Å². The summed E-state index contributed by atoms with van der Waals surface area (Å²) in [5.74, 6) is 0.127. The fraction of sp³-hybridized carbons (Fsp3) is 0.462. The molecule has 2 heterocycles. The summed E-state index contributed by atoms with van der Waals surface area (Å²) in [7, 11) is 0. The summed E-state index contributed by atoms with van der Waals surface area (Å²) in [4.78, 5) is 17.9. The van der Waals surface area contributed by atoms with E-state index in [-0.39, 0.29) is 18.0 Å². The van der Waals surface area contributed by atoms with Crippen LogP contribution in [-0.4, -0.2) is 30.6 Å². The third-order valence-electron chi connectivity index (χ3n) is 3.05. The summed E-state index contributed by atoms with van der Waals surface area (Å²) in [6.45, 7) is 3.69. The molecule has 2 N–H and O–H groups in total. The second-order valence-corrected chi connectivity index (χ2v) is 4.32. The number of anilines is 2. The molecule has 100 valence electrons. The van der Waals surface area contributed by atoms with Crippen LogP contribution in [0.5, 0.6) is 0 Å². The van der Waals surface area contributed by atoms with Crippen LogP contribution in [0.4, 0.5) is 11.6 Å². The van der Waals surface area contributed by atoms with Gasteiger partial charge in [-0.25, -0.2) is 9.78 Å². The smallest absolute Gasteiger partial charge is 0.341 e. The highest BCUT2D eigenvalue weighted by Gasteiger charge is 2.21. The molecule has 1 saturated heterocycles. The van der Waals surface area contributed by atoms with Crippen molar-refractivity contribution in [2.45, 2.75) is 19.8 Å². The molecule has 19 heavy (non-hydrogen) atoms. The fourth-order valence-corrected chi connectivity index (χ4v) is 2.14. The highest BCUT2D eigenvalue weighted by atomic mass is 16.5. The number of carbonyl (C=O) groups excluding carboxylic acids is 1. The van der Waals surface area contributed by atoms with Gasteiger partial charge in [0.25, 0.3) is 0 Å². The highest BCUT2D eigenvalue weighted by molar-refractivity contribution is 5.95. The predicted octanol–water partition coefficient (Wildman–Crippen LogP) is 1.31. The lowest BCUT2D eigenvalue weighted by atomic mass is 10.1. The van der Waals surface area contributed by atoms with Gasteiger partial charge < -0.3 is 15.4 Å². The van der Waals surface area contributed by atoms with Crippen molar-refractivity contribution in [3.8, 4) is 6.07 Å². The number of aromatic nitrogens is 1. The number of nitrogen functional groups attached to an aromatic ring is 1. The minimum Gasteiger partial charge on any atom is -0.462 e. The molecule has 1 aromatic heterocycles. The largest absolute Gasteiger partial charge is 0.462 e. The van der Waals surface area contributed by atoms with Crippen LogP contribution in [0.1, 0.15) is 35.7 Å². The third kappa shape index (κ3) is 2.60. The van der Waals surface area contributed by atoms with Crippen molar-refractivity contribution >= 4 is 17.6 Å². The molecule has 2 rings (SSSR count). The Bertz CT molecular complexity index is 530. The summed E-state index contributed by atoms with van der Waals surface area (Å²) < 4.78 is 4.89. The molecule has 1 aromatic rings. The number of hydrogen-bond donors (Lipinski definition) is 1. The number of nitrogens with two attached hydrogens (primary N) is 1. The molecule has 0 aliphatic carbocycles. The molecule has 1 fully saturated rings. The highest BCUT2D eigenvalue weighted by Crippen LogP contribution is 2.25. The van der Waals surface area contributed by atoms with E-state index in [1.807, 2.05) is 4.90 Å². The SMILES string of the molecule is CCOC(=O)c1cc(C#N)c(N2CCCC2)nc1N. The van der Waals surface area contributed by atoms with Gasteiger partial charge in [-0.3, -0.25) is 0 Å². The third-order valence-corrected chi connectivity index (χ3v) is 3.05. The fourth-order valence-electron chi connectivity index (χ4n) is 2.14. The van der Waals surface area contributed by atoms with Crippen LogP contribution in [0, 0.1) is 11.3 Å². The van der Waals surface area contributed by atoms with Crippen LogP contribution in [0.25, 0.3) is 0 Å². The Labute approximate surface area is 111 Å². The minimum atomic E-state index is -0.544. The topological polar surface area (TPSA) is 92.2 Å². The molecular formula is C13H16N4O2. The normalized spacial score (nSPS) is 14.2. The lowest BCUT2D eigenvalue weighted by Crippen LogP contribution is -2.22. The van der Waals surface area contributed by atoms with Crippen molar-refractivity contribution in [1.29, 1.82) is 5.26 Å². The van der Waals surface area contributed by atoms with Gasteiger partial charge in [0.05, 0.1) is 12.2 Å². The van der Waals surface area contributed by atoms with Crippen LogP contribution in [-0.2, 0) is 4.74 Å². The van der Waals surface area contributed by atoms with Gasteiger partial charge >= 0.3 is 5.97 Å². The van der Waals surface area contributed by atoms with E-state index in [1.165, 1.54) is 6.07 Å². The molecule has 0 radical (unpaired) electrons. The standard InChI is InChI=1S/C13H16N4O2/c1-2-19-13(18)10-7-9(8-14)12(16-11(10)15)17-5-3-4-6-17/h7H,2-6H2,1H3,(H2,15,16). The van der Waals surface area contributed by atoms with Crippen molar-refractivity contribution in [2.75, 3.05) is 30.3 Å². The lowest BCUT2D eigenvalue weighted by molar-refractivity contribution is 0.0527. The number of hydrogen-bond acceptors (Lipinski definition) is 6. The Kier molecular flexibility index (Phi) is 3.85. The number of nitriles is 1. The average molecular weight is 260 g/mol. The molecule has 6 heteroatoms. The molecule has 0 atom stereocenters. The summed E-state index contributed by atoms with van der Waals surface area (Å²) in [6, 6.07) is 3.54. The number of pyridine rings is 1. The maximum Gasteiger partial charge on any atom is 0.341 e. The van der Waals surface area contributed by atoms with E-state index in [2.05, 4.69) is 11.1 Å². The van der Waals surface area contributed by atoms with Gasteiger partial charge in [-0.1, -0.05) is 0 Å². The second-order valence-electron chi connectivity index (χ2n) is 4.32. The Hall–Kier alpha value is -2.29. The first-order valence-corrected chi connectivity index (χ1v) is 6.30. The van der Waals surface area contributed by atoms with Gasteiger partial charge in [-0.2, -0.15) is 5.26 Å². The molecule has 0 amide bonds. The second kappa shape index (κ2) is 5.57. The Morgan fingerprint density at radius 2 is 2.26 bits per heavy atom. The molecule has 1 aliphatic rings. The van der Waals surface area contributed by atoms with E-state index >= 15 is 0 Å². The van der Waals surface area contributed by atoms with Crippen LogP contribution < -0.4 is 10.6 Å². The summed E-state index contributed by atoms with van der Waals surface area (Å²) in [5, 5.41) is 9.20. The van der Waals surface area contributed by atoms with Crippen molar-refractivity contribution < 1.29 is 9.53 Å². The van der Waals surface area contributed by atoms with Gasteiger partial charge in [-0.05, 0) is 25.8 Å². The zero-order valence-corrected chi connectivity index (χ0v) is 10.8. The zero-order valence-electron chi connectivity index (χ0n) is 10.8. The maximum atomic E-state index is 11.7. The molecular weight excluding hydrogens is 244 g/mol. The molecule has 0 bridgehead atoms. The number of rotatable bonds is 3. The Balaban J connectivity index is 2.40. The number of ether oxygens (including phenoxy) is 1. The first-order valence-electron chi connectivity index (χ1n) is 6.30. The summed E-state index contributed by atoms with van der Waals surface area (Å²) in [6.07, 6.45) is 2.15. The van der Waals surface area contributed by atoms with E-state index < -0.39 is 5.97 Å². The van der Waals surface area contributed by atoms with Crippen LogP contribution in [0.15, 0.2) is 6.07 Å². The molecule has 0 spiro atoms. The monoisotopic (exact) mass is 260 g/mol. The molecule has 1 aliphatic heterocycles. The summed E-state index contributed by atoms with van der Waals surface area (Å²) >= 11 is 0. The first kappa shape index (κ1) is 13.1. The van der Waals surface area contributed by atoms with Crippen LogP contribution >= 0.6 is 0 Å². The number of esters is 1. The van der Waals surface area contributed by atoms with Gasteiger partial charge in [0.2, 0.25) is 0 Å². The van der Waals surface area contributed by atoms with E-state index in [4.69, 9.17) is 10.5 Å². The lowest BCUT2D eigenvalue weighted by Gasteiger charge is -2.18. The van der Waals surface area contributed by atoms with Crippen LogP contribution in [0.2, 0.25) is 0 Å². The quantitative estimate of drug-likeness (QED) is 0.824. The van der Waals surface area contributed by atoms with E-state index in [9.17, 15) is 10.1 Å². The van der Waals surface area contributed by atoms with Crippen LogP contribution in [0.3, 0.4) is 0 Å². The maximum absolute atomic E-state index is 11.7. The molecule has 0 unspecified atom stereocenters. The van der Waals surface area contributed by atoms with Crippen molar-refractivity contribution in [3.63, 3.8) is 0 Å². The van der Waals surface area contributed by atoms with Gasteiger partial charge in [-0.15, -0.1) is 0 Å². The molecule has 0 aromatic carbocycles. The van der Waals surface area contributed by atoms with Gasteiger partial charge in [0.15, 0.2) is 0 Å². The number of carbonyl (C=O) groups is 1. The Morgan fingerprint density at radius 1 is 1.58 bits per heavy atom. The molecule has 0 saturated carbocycles. The zero-order chi connectivity index (χ0) is 13.8. The average Bonchev–Trinajstić information content (AvgIpc) is 2.92. The predicted molar refractivity (Wildman–Crippen MR) is 70.8 cm³/mol. The van der Waals surface area contributed by atoms with Gasteiger partial charge in [0, 0.05) is 13.1 Å². The van der Waals surface area contributed by atoms with E-state index in [0.29, 0.717) is 11.4 Å². The molecule has 6 nitrogen and oxygen atoms in total. The van der Waals surface area contributed by atoms with Gasteiger partial charge in [0.1, 0.15) is 23.3 Å². The minimum absolute atomic E-state index is 0.111. The Morgan fingerprint density at radius 3 is 2.84 bits per heavy atom. The first-order chi connectivity index (χ1) is 9.17. The number of nitrogens with zero attached hydrogens (tertiary/aromatic N) is 3. The summed E-state index contributed by atoms with van der Waals surface area (Å²) in [5.41, 5.74) is 6.31. The van der Waals surface area contributed by atoms with Crippen molar-refractivity contribution in [2.24, 2.45) is 0 Å². The van der Waals surface area contributed by atoms with Crippen molar-refractivity contribution in [3.05, 3.63) is 17.2 Å². The van der Waals surface area contributed by atoms with E-state index in [0.717, 1.165) is 25.9 Å². The van der Waals surface area contributed by atoms with Crippen molar-refractivity contribution in [1.82, 2.24) is 4.98 Å².